The first kappa shape index (κ1) is 64.1. The van der Waals surface area contributed by atoms with E-state index >= 15 is 0 Å². The molecule has 0 aliphatic carbocycles. The van der Waals surface area contributed by atoms with E-state index in [0.717, 1.165) is 96.3 Å². The van der Waals surface area contributed by atoms with Crippen LogP contribution in [0.15, 0.2) is 60.8 Å². The van der Waals surface area contributed by atoms with Crippen LogP contribution in [-0.2, 0) is 28.6 Å². The molecule has 0 unspecified atom stereocenters. The highest BCUT2D eigenvalue weighted by Gasteiger charge is 2.19. The number of hydrogen-bond donors (Lipinski definition) is 0. The molecule has 0 aliphatic heterocycles. The molecule has 0 N–H and O–H groups in total. The number of carbonyl (C=O) groups excluding carboxylic acids is 3. The van der Waals surface area contributed by atoms with Crippen molar-refractivity contribution in [1.29, 1.82) is 0 Å². The highest BCUT2D eigenvalue weighted by molar-refractivity contribution is 5.71. The highest BCUT2D eigenvalue weighted by Crippen LogP contribution is 2.16. The molecule has 0 saturated carbocycles. The van der Waals surface area contributed by atoms with Crippen molar-refractivity contribution in [1.82, 2.24) is 0 Å². The van der Waals surface area contributed by atoms with Crippen molar-refractivity contribution in [2.24, 2.45) is 0 Å². The van der Waals surface area contributed by atoms with E-state index < -0.39 is 6.10 Å². The van der Waals surface area contributed by atoms with Crippen LogP contribution in [0.1, 0.15) is 290 Å². The third-order valence-electron chi connectivity index (χ3n) is 12.5. The zero-order valence-electron chi connectivity index (χ0n) is 44.4. The van der Waals surface area contributed by atoms with Crippen LogP contribution < -0.4 is 0 Å². The van der Waals surface area contributed by atoms with Gasteiger partial charge in [0, 0.05) is 19.3 Å². The van der Waals surface area contributed by atoms with Crippen LogP contribution in [0.5, 0.6) is 0 Å². The van der Waals surface area contributed by atoms with Gasteiger partial charge in [0.05, 0.1) is 0 Å². The number of unbranched alkanes of at least 4 members (excludes halogenated alkanes) is 31. The molecule has 0 saturated heterocycles. The van der Waals surface area contributed by atoms with E-state index in [1.54, 1.807) is 0 Å². The molecule has 1 atom stereocenters. The summed E-state index contributed by atoms with van der Waals surface area (Å²) in [5.41, 5.74) is 0. The van der Waals surface area contributed by atoms with Crippen LogP contribution in [0.25, 0.3) is 0 Å². The molecule has 0 aromatic rings. The van der Waals surface area contributed by atoms with Crippen LogP contribution in [0.3, 0.4) is 0 Å². The molecule has 0 heterocycles. The second kappa shape index (κ2) is 55.7. The van der Waals surface area contributed by atoms with Crippen molar-refractivity contribution < 1.29 is 28.6 Å². The number of allylic oxidation sites excluding steroid dienone is 10. The molecule has 67 heavy (non-hydrogen) atoms. The van der Waals surface area contributed by atoms with Crippen LogP contribution in [0.4, 0.5) is 0 Å². The smallest absolute Gasteiger partial charge is 0.306 e. The van der Waals surface area contributed by atoms with Gasteiger partial charge >= 0.3 is 17.9 Å². The average Bonchev–Trinajstić information content (AvgIpc) is 3.33. The van der Waals surface area contributed by atoms with E-state index in [9.17, 15) is 14.4 Å². The van der Waals surface area contributed by atoms with Gasteiger partial charge in [0.1, 0.15) is 13.2 Å². The van der Waals surface area contributed by atoms with Crippen molar-refractivity contribution in [3.8, 4) is 0 Å². The second-order valence-corrected chi connectivity index (χ2v) is 19.2. The predicted octanol–water partition coefficient (Wildman–Crippen LogP) is 19.2. The van der Waals surface area contributed by atoms with Crippen molar-refractivity contribution in [2.45, 2.75) is 297 Å². The first-order valence-corrected chi connectivity index (χ1v) is 28.8. The molecule has 0 amide bonds. The fraction of sp³-hybridized carbons (Fsp3) is 0.787. The van der Waals surface area contributed by atoms with E-state index in [1.165, 1.54) is 154 Å². The fourth-order valence-corrected chi connectivity index (χ4v) is 8.24. The van der Waals surface area contributed by atoms with Crippen molar-refractivity contribution in [3.63, 3.8) is 0 Å². The normalized spacial score (nSPS) is 12.5. The maximum Gasteiger partial charge on any atom is 0.306 e. The van der Waals surface area contributed by atoms with Crippen molar-refractivity contribution >= 4 is 17.9 Å². The van der Waals surface area contributed by atoms with E-state index in [1.807, 2.05) is 0 Å². The Balaban J connectivity index is 4.36. The summed E-state index contributed by atoms with van der Waals surface area (Å²) in [5, 5.41) is 0. The van der Waals surface area contributed by atoms with E-state index in [-0.39, 0.29) is 31.1 Å². The average molecular weight is 938 g/mol. The molecule has 0 bridgehead atoms. The van der Waals surface area contributed by atoms with Crippen LogP contribution in [0, 0.1) is 0 Å². The molecular weight excluding hydrogens is 829 g/mol. The summed E-state index contributed by atoms with van der Waals surface area (Å²) in [6, 6.07) is 0. The number of ether oxygens (including phenoxy) is 3. The molecule has 0 rings (SSSR count). The van der Waals surface area contributed by atoms with Gasteiger partial charge < -0.3 is 14.2 Å². The van der Waals surface area contributed by atoms with Gasteiger partial charge in [0.25, 0.3) is 0 Å². The standard InChI is InChI=1S/C61H108O6/c1-4-7-10-13-16-19-22-24-26-28-30-32-34-36-39-42-45-48-51-54-60(63)66-57-58(56-65-59(62)53-50-47-44-41-38-21-18-15-12-9-6-3)67-61(64)55-52-49-46-43-40-37-35-33-31-29-27-25-23-20-17-14-11-8-5-2/h7,10,16,19,24,26,30,32,36,39,58H,4-6,8-9,11-15,17-18,20-23,25,27-29,31,33-35,37-38,40-57H2,1-3H3/b10-7-,19-16-,26-24-,32-30-,39-36-/t58-/m0/s1. The van der Waals surface area contributed by atoms with Gasteiger partial charge in [-0.1, -0.05) is 268 Å². The SMILES string of the molecule is CC/C=C\C/C=C\C/C=C\C/C=C\C/C=C\CCCCCC(=O)OC[C@H](COC(=O)CCCCCCCCCCCCC)OC(=O)CCCCCCCCCCCCCCCCCCCCC. The molecule has 0 aliphatic rings. The zero-order chi connectivity index (χ0) is 48.6. The number of hydrogen-bond acceptors (Lipinski definition) is 6. The monoisotopic (exact) mass is 937 g/mol. The van der Waals surface area contributed by atoms with Crippen molar-refractivity contribution in [3.05, 3.63) is 60.8 Å². The first-order chi connectivity index (χ1) is 33.0. The summed E-state index contributed by atoms with van der Waals surface area (Å²) >= 11 is 0. The minimum atomic E-state index is -0.784. The third kappa shape index (κ3) is 53.9. The van der Waals surface area contributed by atoms with Crippen LogP contribution in [-0.4, -0.2) is 37.2 Å². The predicted molar refractivity (Wildman–Crippen MR) is 288 cm³/mol. The van der Waals surface area contributed by atoms with Gasteiger partial charge in [-0.25, -0.2) is 0 Å². The molecule has 0 aromatic heterocycles. The van der Waals surface area contributed by atoms with Gasteiger partial charge in [-0.15, -0.1) is 0 Å². The highest BCUT2D eigenvalue weighted by atomic mass is 16.6. The van der Waals surface area contributed by atoms with Crippen molar-refractivity contribution in [2.75, 3.05) is 13.2 Å². The minimum Gasteiger partial charge on any atom is -0.462 e. The van der Waals surface area contributed by atoms with E-state index in [0.29, 0.717) is 19.3 Å². The molecule has 0 aromatic carbocycles. The lowest BCUT2D eigenvalue weighted by molar-refractivity contribution is -0.167. The molecule has 0 spiro atoms. The van der Waals surface area contributed by atoms with Gasteiger partial charge in [-0.05, 0) is 64.2 Å². The lowest BCUT2D eigenvalue weighted by atomic mass is 10.0. The molecule has 0 radical (unpaired) electrons. The summed E-state index contributed by atoms with van der Waals surface area (Å²) < 4.78 is 16.8. The molecule has 388 valence electrons. The Bertz CT molecular complexity index is 1210. The summed E-state index contributed by atoms with van der Waals surface area (Å²) in [4.78, 5) is 38.1. The topological polar surface area (TPSA) is 78.9 Å². The summed E-state index contributed by atoms with van der Waals surface area (Å²) in [6.45, 7) is 6.52. The Hall–Kier alpha value is -2.89. The summed E-state index contributed by atoms with van der Waals surface area (Å²) in [6.07, 6.45) is 69.3. The van der Waals surface area contributed by atoms with Gasteiger partial charge in [-0.3, -0.25) is 14.4 Å². The van der Waals surface area contributed by atoms with Gasteiger partial charge in [0.15, 0.2) is 6.10 Å². The quantitative estimate of drug-likeness (QED) is 0.0262. The maximum absolute atomic E-state index is 12.9. The molecule has 6 nitrogen and oxygen atoms in total. The minimum absolute atomic E-state index is 0.0810. The maximum atomic E-state index is 12.9. The lowest BCUT2D eigenvalue weighted by Crippen LogP contribution is -2.30. The second-order valence-electron chi connectivity index (χ2n) is 19.2. The van der Waals surface area contributed by atoms with E-state index in [2.05, 4.69) is 81.5 Å². The third-order valence-corrected chi connectivity index (χ3v) is 12.5. The number of rotatable bonds is 52. The van der Waals surface area contributed by atoms with Gasteiger partial charge in [-0.2, -0.15) is 0 Å². The van der Waals surface area contributed by atoms with Crippen LogP contribution in [0.2, 0.25) is 0 Å². The Morgan fingerprint density at radius 2 is 0.582 bits per heavy atom. The fourth-order valence-electron chi connectivity index (χ4n) is 8.24. The Morgan fingerprint density at radius 3 is 0.910 bits per heavy atom. The van der Waals surface area contributed by atoms with Crippen LogP contribution >= 0.6 is 0 Å². The summed E-state index contributed by atoms with van der Waals surface area (Å²) in [7, 11) is 0. The Kier molecular flexibility index (Phi) is 53.3. The Labute approximate surface area is 415 Å². The van der Waals surface area contributed by atoms with E-state index in [4.69, 9.17) is 14.2 Å². The molecular formula is C61H108O6. The summed E-state index contributed by atoms with van der Waals surface area (Å²) in [5.74, 6) is -0.902. The number of carbonyl (C=O) groups is 3. The molecule has 6 heteroatoms. The molecule has 0 fully saturated rings. The largest absolute Gasteiger partial charge is 0.462 e. The Morgan fingerprint density at radius 1 is 0.313 bits per heavy atom. The lowest BCUT2D eigenvalue weighted by Gasteiger charge is -2.18. The zero-order valence-corrected chi connectivity index (χ0v) is 44.4. The first-order valence-electron chi connectivity index (χ1n) is 28.8. The number of esters is 3. The van der Waals surface area contributed by atoms with Gasteiger partial charge in [0.2, 0.25) is 0 Å².